The normalized spacial score (nSPS) is 8.83. The van der Waals surface area contributed by atoms with Crippen molar-refractivity contribution in [2.75, 3.05) is 7.05 Å². The first-order valence-electron chi connectivity index (χ1n) is 1.46. The number of hydrogen-bond acceptors (Lipinski definition) is 3. The summed E-state index contributed by atoms with van der Waals surface area (Å²) in [4.78, 5) is 0. The Morgan fingerprint density at radius 1 is 1.83 bits per heavy atom. The topological polar surface area (TPSA) is 60.6 Å². The van der Waals surface area contributed by atoms with Crippen LogP contribution in [0.3, 0.4) is 0 Å². The SMILES string of the molecule is CN/N=C/N=N. The second-order valence-corrected chi connectivity index (χ2v) is 0.597. The Labute approximate surface area is 35.8 Å². The molecule has 0 aliphatic carbocycles. The molecule has 0 radical (unpaired) electrons. The van der Waals surface area contributed by atoms with Crippen LogP contribution in [0, 0.1) is 5.53 Å². The van der Waals surface area contributed by atoms with Gasteiger partial charge in [0.15, 0.2) is 6.34 Å². The first kappa shape index (κ1) is 5.07. The van der Waals surface area contributed by atoms with Gasteiger partial charge in [-0.3, -0.25) is 0 Å². The van der Waals surface area contributed by atoms with Gasteiger partial charge in [-0.25, -0.2) is 5.53 Å². The minimum atomic E-state index is 1.11. The zero-order chi connectivity index (χ0) is 4.83. The Kier molecular flexibility index (Phi) is 3.44. The smallest absolute Gasteiger partial charge is 0.157 e. The van der Waals surface area contributed by atoms with Crippen molar-refractivity contribution in [1.82, 2.24) is 5.43 Å². The van der Waals surface area contributed by atoms with E-state index in [1.54, 1.807) is 7.05 Å². The molecule has 34 valence electrons. The molecule has 0 saturated carbocycles. The van der Waals surface area contributed by atoms with E-state index in [1.807, 2.05) is 0 Å². The van der Waals surface area contributed by atoms with Crippen molar-refractivity contribution < 1.29 is 0 Å². The van der Waals surface area contributed by atoms with Crippen LogP contribution in [-0.4, -0.2) is 13.4 Å². The van der Waals surface area contributed by atoms with Gasteiger partial charge >= 0.3 is 0 Å². The second kappa shape index (κ2) is 4.07. The van der Waals surface area contributed by atoms with Crippen LogP contribution in [0.25, 0.3) is 0 Å². The summed E-state index contributed by atoms with van der Waals surface area (Å²) in [6.45, 7) is 0. The average Bonchev–Trinajstić information content (AvgIpc) is 1.61. The van der Waals surface area contributed by atoms with Gasteiger partial charge in [-0.15, -0.1) is 5.11 Å². The molecule has 0 aliphatic rings. The van der Waals surface area contributed by atoms with E-state index in [0.717, 1.165) is 6.34 Å². The highest BCUT2D eigenvalue weighted by molar-refractivity contribution is 5.53. The lowest BCUT2D eigenvalue weighted by Crippen LogP contribution is -1.91. The van der Waals surface area contributed by atoms with Crippen LogP contribution in [0.4, 0.5) is 0 Å². The van der Waals surface area contributed by atoms with Gasteiger partial charge in [0.25, 0.3) is 0 Å². The van der Waals surface area contributed by atoms with Gasteiger partial charge in [-0.2, -0.15) is 5.10 Å². The van der Waals surface area contributed by atoms with Crippen molar-refractivity contribution in [1.29, 1.82) is 5.53 Å². The summed E-state index contributed by atoms with van der Waals surface area (Å²) in [7, 11) is 1.64. The van der Waals surface area contributed by atoms with E-state index in [2.05, 4.69) is 15.6 Å². The van der Waals surface area contributed by atoms with Gasteiger partial charge in [0.05, 0.1) is 0 Å². The number of hydrogen-bond donors (Lipinski definition) is 2. The molecule has 6 heavy (non-hydrogen) atoms. The first-order valence-corrected chi connectivity index (χ1v) is 1.46. The third-order valence-corrected chi connectivity index (χ3v) is 0.245. The van der Waals surface area contributed by atoms with Crippen LogP contribution < -0.4 is 5.43 Å². The number of rotatable bonds is 2. The number of nitrogens with zero attached hydrogens (tertiary/aromatic N) is 2. The molecule has 0 aromatic carbocycles. The molecular formula is C2H6N4. The standard InChI is InChI=1S/C2H6N4/c1-4-6-2-5-3/h2-4H,1H3/b5-3?,6-2+. The van der Waals surface area contributed by atoms with Crippen molar-refractivity contribution >= 4 is 6.34 Å². The summed E-state index contributed by atoms with van der Waals surface area (Å²) in [6, 6.07) is 0. The summed E-state index contributed by atoms with van der Waals surface area (Å²) >= 11 is 0. The number of nitrogens with one attached hydrogen (secondary N) is 2. The Hall–Kier alpha value is -0.930. The zero-order valence-electron chi connectivity index (χ0n) is 3.47. The molecule has 0 aliphatic heterocycles. The highest BCUT2D eigenvalue weighted by Crippen LogP contribution is 1.50. The molecule has 0 rings (SSSR count). The van der Waals surface area contributed by atoms with E-state index in [9.17, 15) is 0 Å². The molecule has 0 heterocycles. The molecule has 4 nitrogen and oxygen atoms in total. The lowest BCUT2D eigenvalue weighted by molar-refractivity contribution is 0.901. The second-order valence-electron chi connectivity index (χ2n) is 0.597. The lowest BCUT2D eigenvalue weighted by Gasteiger charge is -1.75. The molecule has 2 N–H and O–H groups in total. The van der Waals surface area contributed by atoms with Crippen molar-refractivity contribution in [2.45, 2.75) is 0 Å². The molecule has 0 aromatic heterocycles. The van der Waals surface area contributed by atoms with Gasteiger partial charge < -0.3 is 5.43 Å². The molecule has 0 unspecified atom stereocenters. The van der Waals surface area contributed by atoms with Gasteiger partial charge in [-0.1, -0.05) is 0 Å². The molecule has 0 bridgehead atoms. The lowest BCUT2D eigenvalue weighted by atomic mass is 11.3. The largest absolute Gasteiger partial charge is 0.312 e. The van der Waals surface area contributed by atoms with E-state index < -0.39 is 0 Å². The summed E-state index contributed by atoms with van der Waals surface area (Å²) < 4.78 is 0. The quantitative estimate of drug-likeness (QED) is 0.214. The van der Waals surface area contributed by atoms with Crippen LogP contribution in [0.2, 0.25) is 0 Å². The van der Waals surface area contributed by atoms with Crippen LogP contribution in [0.15, 0.2) is 10.2 Å². The van der Waals surface area contributed by atoms with E-state index in [0.29, 0.717) is 0 Å². The monoisotopic (exact) mass is 86.1 g/mol. The summed E-state index contributed by atoms with van der Waals surface area (Å²) in [5.41, 5.74) is 8.57. The van der Waals surface area contributed by atoms with E-state index >= 15 is 0 Å². The maximum absolute atomic E-state index is 6.14. The fraction of sp³-hybridized carbons (Fsp3) is 0.500. The minimum Gasteiger partial charge on any atom is -0.312 e. The maximum Gasteiger partial charge on any atom is 0.157 e. The molecular weight excluding hydrogens is 80.1 g/mol. The van der Waals surface area contributed by atoms with Gasteiger partial charge in [0.1, 0.15) is 0 Å². The zero-order valence-corrected chi connectivity index (χ0v) is 3.47. The predicted molar refractivity (Wildman–Crippen MR) is 22.7 cm³/mol. The molecule has 0 aromatic rings. The Morgan fingerprint density at radius 3 is 2.67 bits per heavy atom. The van der Waals surface area contributed by atoms with E-state index in [-0.39, 0.29) is 0 Å². The summed E-state index contributed by atoms with van der Waals surface area (Å²) in [5.74, 6) is 0. The Balaban J connectivity index is 2.94. The minimum absolute atomic E-state index is 1.11. The molecule has 4 heteroatoms. The number of hydrazone groups is 1. The molecule has 0 saturated heterocycles. The van der Waals surface area contributed by atoms with Crippen molar-refractivity contribution in [3.8, 4) is 0 Å². The third kappa shape index (κ3) is 3.07. The van der Waals surface area contributed by atoms with E-state index in [4.69, 9.17) is 5.53 Å². The Bertz CT molecular complexity index is 56.6. The Morgan fingerprint density at radius 2 is 2.50 bits per heavy atom. The first-order chi connectivity index (χ1) is 2.91. The molecule has 0 atom stereocenters. The van der Waals surface area contributed by atoms with Gasteiger partial charge in [0.2, 0.25) is 0 Å². The van der Waals surface area contributed by atoms with Crippen molar-refractivity contribution in [3.63, 3.8) is 0 Å². The molecule has 0 spiro atoms. The van der Waals surface area contributed by atoms with Crippen molar-refractivity contribution in [3.05, 3.63) is 0 Å². The van der Waals surface area contributed by atoms with Gasteiger partial charge in [-0.05, 0) is 0 Å². The fourth-order valence-electron chi connectivity index (χ4n) is 0.0866. The van der Waals surface area contributed by atoms with Crippen LogP contribution in [-0.2, 0) is 0 Å². The van der Waals surface area contributed by atoms with Crippen LogP contribution in [0.5, 0.6) is 0 Å². The van der Waals surface area contributed by atoms with Crippen LogP contribution >= 0.6 is 0 Å². The molecule has 0 amide bonds. The van der Waals surface area contributed by atoms with Crippen LogP contribution in [0.1, 0.15) is 0 Å². The summed E-state index contributed by atoms with van der Waals surface area (Å²) in [5, 5.41) is 6.18. The maximum atomic E-state index is 6.14. The highest BCUT2D eigenvalue weighted by atomic mass is 15.3. The van der Waals surface area contributed by atoms with E-state index in [1.165, 1.54) is 0 Å². The predicted octanol–water partition coefficient (Wildman–Crippen LogP) is 0.180. The third-order valence-electron chi connectivity index (χ3n) is 0.245. The van der Waals surface area contributed by atoms with Crippen molar-refractivity contribution in [2.24, 2.45) is 10.2 Å². The van der Waals surface area contributed by atoms with Gasteiger partial charge in [0, 0.05) is 7.05 Å². The molecule has 0 fully saturated rings. The summed E-state index contributed by atoms with van der Waals surface area (Å²) in [6.07, 6.45) is 1.11. The average molecular weight is 86.1 g/mol. The highest BCUT2D eigenvalue weighted by Gasteiger charge is 1.51. The fourth-order valence-corrected chi connectivity index (χ4v) is 0.0866.